The lowest BCUT2D eigenvalue weighted by atomic mass is 9.94. The number of anilines is 1. The van der Waals surface area contributed by atoms with E-state index in [-0.39, 0.29) is 45.5 Å². The number of carbonyl (C=O) groups excluding carboxylic acids is 2. The van der Waals surface area contributed by atoms with E-state index in [4.69, 9.17) is 34.8 Å². The molecule has 4 aromatic carbocycles. The van der Waals surface area contributed by atoms with E-state index < -0.39 is 28.5 Å². The molecular weight excluding hydrogens is 689 g/mol. The Kier molecular flexibility index (Phi) is 12.1. The second-order valence-electron chi connectivity index (χ2n) is 12.1. The van der Waals surface area contributed by atoms with Crippen molar-refractivity contribution < 1.29 is 18.0 Å². The third-order valence-electron chi connectivity index (χ3n) is 8.55. The molecule has 0 unspecified atom stereocenters. The summed E-state index contributed by atoms with van der Waals surface area (Å²) in [6.07, 6.45) is 5.10. The number of carbonyl (C=O) groups is 2. The first-order valence-corrected chi connectivity index (χ1v) is 18.5. The fraction of sp³-hybridized carbons (Fsp3) is 0.297. The lowest BCUT2D eigenvalue weighted by molar-refractivity contribution is -0.140. The van der Waals surface area contributed by atoms with Crippen molar-refractivity contribution in [3.63, 3.8) is 0 Å². The van der Waals surface area contributed by atoms with Gasteiger partial charge >= 0.3 is 0 Å². The molecule has 0 bridgehead atoms. The molecule has 1 atom stereocenters. The van der Waals surface area contributed by atoms with Crippen molar-refractivity contribution in [2.24, 2.45) is 0 Å². The van der Waals surface area contributed by atoms with Crippen molar-refractivity contribution >= 4 is 62.3 Å². The van der Waals surface area contributed by atoms with E-state index in [0.717, 1.165) is 47.5 Å². The van der Waals surface area contributed by atoms with Crippen molar-refractivity contribution in [3.8, 4) is 0 Å². The topological polar surface area (TPSA) is 86.8 Å². The quantitative estimate of drug-likeness (QED) is 0.159. The van der Waals surface area contributed by atoms with Gasteiger partial charge < -0.3 is 10.2 Å². The van der Waals surface area contributed by atoms with Gasteiger partial charge in [0, 0.05) is 24.0 Å². The lowest BCUT2D eigenvalue weighted by Gasteiger charge is -2.35. The summed E-state index contributed by atoms with van der Waals surface area (Å²) < 4.78 is 29.5. The minimum absolute atomic E-state index is 0.00340. The predicted molar refractivity (Wildman–Crippen MR) is 193 cm³/mol. The highest BCUT2D eigenvalue weighted by Gasteiger charge is 2.36. The van der Waals surface area contributed by atoms with Gasteiger partial charge in [0.1, 0.15) is 12.6 Å². The predicted octanol–water partition coefficient (Wildman–Crippen LogP) is 8.24. The minimum atomic E-state index is -4.32. The maximum Gasteiger partial charge on any atom is 0.264 e. The first-order chi connectivity index (χ1) is 23.0. The van der Waals surface area contributed by atoms with Crippen LogP contribution in [0.25, 0.3) is 0 Å². The molecule has 1 aliphatic rings. The third-order valence-corrected chi connectivity index (χ3v) is 11.4. The van der Waals surface area contributed by atoms with Gasteiger partial charge in [-0.2, -0.15) is 0 Å². The molecule has 48 heavy (non-hydrogen) atoms. The summed E-state index contributed by atoms with van der Waals surface area (Å²) in [6, 6.07) is 26.5. The van der Waals surface area contributed by atoms with Crippen LogP contribution in [0.1, 0.15) is 48.8 Å². The molecule has 0 aromatic heterocycles. The normalized spacial score (nSPS) is 14.2. The van der Waals surface area contributed by atoms with E-state index >= 15 is 0 Å². The molecule has 11 heteroatoms. The smallest absolute Gasteiger partial charge is 0.264 e. The summed E-state index contributed by atoms with van der Waals surface area (Å²) in [4.78, 5) is 30.4. The SMILES string of the molecule is Cc1ccc(S(=O)(=O)N(CC(=O)N(Cc2cccc(Cl)c2)[C@H](Cc2ccccc2)C(=O)NC2CCCCC2)c2cccc(Cl)c2Cl)cc1. The van der Waals surface area contributed by atoms with E-state index in [0.29, 0.717) is 10.6 Å². The van der Waals surface area contributed by atoms with Crippen LogP contribution in [0.5, 0.6) is 0 Å². The summed E-state index contributed by atoms with van der Waals surface area (Å²) in [5.41, 5.74) is 2.46. The van der Waals surface area contributed by atoms with Crippen molar-refractivity contribution in [1.82, 2.24) is 10.2 Å². The molecule has 4 aromatic rings. The van der Waals surface area contributed by atoms with Gasteiger partial charge in [-0.15, -0.1) is 0 Å². The Balaban J connectivity index is 1.59. The first kappa shape index (κ1) is 35.7. The first-order valence-electron chi connectivity index (χ1n) is 15.9. The second kappa shape index (κ2) is 16.2. The lowest BCUT2D eigenvalue weighted by Crippen LogP contribution is -2.55. The highest BCUT2D eigenvalue weighted by atomic mass is 35.5. The number of hydrogen-bond acceptors (Lipinski definition) is 4. The van der Waals surface area contributed by atoms with Crippen molar-refractivity contribution in [2.45, 2.75) is 69.0 Å². The molecular formula is C37H38Cl3N3O4S. The van der Waals surface area contributed by atoms with E-state index in [1.54, 1.807) is 42.5 Å². The Labute approximate surface area is 297 Å². The fourth-order valence-electron chi connectivity index (χ4n) is 5.97. The fourth-order valence-corrected chi connectivity index (χ4v) is 8.05. The van der Waals surface area contributed by atoms with E-state index in [2.05, 4.69) is 5.32 Å². The van der Waals surface area contributed by atoms with Crippen LogP contribution < -0.4 is 9.62 Å². The Morgan fingerprint density at radius 2 is 1.50 bits per heavy atom. The zero-order valence-corrected chi connectivity index (χ0v) is 29.7. The molecule has 1 N–H and O–H groups in total. The number of benzene rings is 4. The average molecular weight is 727 g/mol. The van der Waals surface area contributed by atoms with E-state index in [9.17, 15) is 18.0 Å². The monoisotopic (exact) mass is 725 g/mol. The number of rotatable bonds is 12. The molecule has 0 saturated heterocycles. The summed E-state index contributed by atoms with van der Waals surface area (Å²) in [6.45, 7) is 1.22. The highest BCUT2D eigenvalue weighted by Crippen LogP contribution is 2.36. The van der Waals surface area contributed by atoms with Gasteiger partial charge in [-0.25, -0.2) is 8.42 Å². The Bertz CT molecular complexity index is 1830. The summed E-state index contributed by atoms with van der Waals surface area (Å²) in [5, 5.41) is 3.80. The molecule has 2 amide bonds. The zero-order chi connectivity index (χ0) is 34.3. The molecule has 1 fully saturated rings. The Morgan fingerprint density at radius 3 is 2.19 bits per heavy atom. The number of halogens is 3. The minimum Gasteiger partial charge on any atom is -0.352 e. The molecule has 0 aliphatic heterocycles. The summed E-state index contributed by atoms with van der Waals surface area (Å²) in [7, 11) is -4.32. The highest BCUT2D eigenvalue weighted by molar-refractivity contribution is 7.92. The maximum atomic E-state index is 14.7. The largest absolute Gasteiger partial charge is 0.352 e. The molecule has 5 rings (SSSR count). The molecule has 1 saturated carbocycles. The molecule has 0 radical (unpaired) electrons. The van der Waals surface area contributed by atoms with Gasteiger partial charge in [0.15, 0.2) is 0 Å². The third kappa shape index (κ3) is 8.91. The molecule has 252 valence electrons. The zero-order valence-electron chi connectivity index (χ0n) is 26.6. The Hall–Kier alpha value is -3.56. The van der Waals surface area contributed by atoms with Gasteiger partial charge in [0.2, 0.25) is 11.8 Å². The van der Waals surface area contributed by atoms with Crippen LogP contribution in [-0.4, -0.2) is 43.8 Å². The van der Waals surface area contributed by atoms with Crippen LogP contribution in [0.3, 0.4) is 0 Å². The number of amides is 2. The number of sulfonamides is 1. The molecule has 1 aliphatic carbocycles. The standard InChI is InChI=1S/C37H38Cl3N3O4S/c1-26-18-20-31(21-19-26)48(46,47)43(33-17-9-16-32(39)36(33)40)25-35(44)42(24-28-12-8-13-29(38)22-28)34(23-27-10-4-2-5-11-27)37(45)41-30-14-6-3-7-15-30/h2,4-5,8-13,16-22,30,34H,3,6-7,14-15,23-25H2,1H3,(H,41,45)/t34-/m1/s1. The van der Waals surface area contributed by atoms with Crippen LogP contribution in [0.2, 0.25) is 15.1 Å². The van der Waals surface area contributed by atoms with E-state index in [1.807, 2.05) is 43.3 Å². The van der Waals surface area contributed by atoms with Crippen LogP contribution in [0.4, 0.5) is 5.69 Å². The van der Waals surface area contributed by atoms with Gasteiger partial charge in [-0.3, -0.25) is 13.9 Å². The van der Waals surface area contributed by atoms with Crippen LogP contribution in [-0.2, 0) is 32.6 Å². The Morgan fingerprint density at radius 1 is 0.833 bits per heavy atom. The second-order valence-corrected chi connectivity index (χ2v) is 15.2. The van der Waals surface area contributed by atoms with Gasteiger partial charge in [-0.05, 0) is 67.3 Å². The number of nitrogens with one attached hydrogen (secondary N) is 1. The van der Waals surface area contributed by atoms with Crippen molar-refractivity contribution in [1.29, 1.82) is 0 Å². The molecule has 0 spiro atoms. The van der Waals surface area contributed by atoms with Gasteiger partial charge in [0.05, 0.1) is 20.6 Å². The molecule has 7 nitrogen and oxygen atoms in total. The van der Waals surface area contributed by atoms with E-state index in [1.165, 1.54) is 23.1 Å². The summed E-state index contributed by atoms with van der Waals surface area (Å²) in [5.74, 6) is -0.892. The van der Waals surface area contributed by atoms with Crippen molar-refractivity contribution in [2.75, 3.05) is 10.8 Å². The number of hydrogen-bond donors (Lipinski definition) is 1. The van der Waals surface area contributed by atoms with Crippen molar-refractivity contribution in [3.05, 3.63) is 129 Å². The summed E-state index contributed by atoms with van der Waals surface area (Å²) >= 11 is 19.3. The van der Waals surface area contributed by atoms with Crippen LogP contribution >= 0.6 is 34.8 Å². The van der Waals surface area contributed by atoms with Crippen LogP contribution in [0, 0.1) is 6.92 Å². The molecule has 0 heterocycles. The van der Waals surface area contributed by atoms with Crippen LogP contribution in [0.15, 0.2) is 102 Å². The number of aryl methyl sites for hydroxylation is 1. The van der Waals surface area contributed by atoms with Gasteiger partial charge in [0.25, 0.3) is 10.0 Å². The number of nitrogens with zero attached hydrogens (tertiary/aromatic N) is 2. The van der Waals surface area contributed by atoms with Gasteiger partial charge in [-0.1, -0.05) is 120 Å². The average Bonchev–Trinajstić information content (AvgIpc) is 3.07. The maximum absolute atomic E-state index is 14.7.